The van der Waals surface area contributed by atoms with Crippen molar-refractivity contribution in [2.24, 2.45) is 13.0 Å². The fourth-order valence-corrected chi connectivity index (χ4v) is 9.73. The molecular formula is C45H48N8O5. The number of nitrogens with zero attached hydrogens (tertiary/aromatic N) is 7. The molecule has 13 nitrogen and oxygen atoms in total. The van der Waals surface area contributed by atoms with Gasteiger partial charge >= 0.3 is 0 Å². The van der Waals surface area contributed by atoms with Crippen molar-refractivity contribution < 1.29 is 23.9 Å². The van der Waals surface area contributed by atoms with Crippen LogP contribution in [0.1, 0.15) is 65.7 Å². The molecule has 5 aliphatic heterocycles. The molecule has 1 atom stereocenters. The number of likely N-dealkylation sites (tertiary alicyclic amines) is 1. The summed E-state index contributed by atoms with van der Waals surface area (Å²) >= 11 is 0. The van der Waals surface area contributed by atoms with Gasteiger partial charge in [-0.3, -0.25) is 34.4 Å². The summed E-state index contributed by atoms with van der Waals surface area (Å²) in [6.45, 7) is 6.80. The molecule has 4 fully saturated rings. The van der Waals surface area contributed by atoms with Crippen molar-refractivity contribution in [3.63, 3.8) is 0 Å². The second-order valence-electron chi connectivity index (χ2n) is 16.7. The Kier molecular flexibility index (Phi) is 9.44. The lowest BCUT2D eigenvalue weighted by molar-refractivity contribution is -0.136. The average Bonchev–Trinajstić information content (AvgIpc) is 3.66. The van der Waals surface area contributed by atoms with Crippen LogP contribution in [0.15, 0.2) is 73.2 Å². The van der Waals surface area contributed by atoms with Crippen molar-refractivity contribution in [1.82, 2.24) is 29.7 Å². The second kappa shape index (κ2) is 14.9. The van der Waals surface area contributed by atoms with Crippen molar-refractivity contribution in [3.05, 3.63) is 84.3 Å². The van der Waals surface area contributed by atoms with Gasteiger partial charge in [0.25, 0.3) is 11.8 Å². The second-order valence-corrected chi connectivity index (χ2v) is 16.7. The summed E-state index contributed by atoms with van der Waals surface area (Å²) < 4.78 is 8.78. The molecule has 0 bridgehead atoms. The molecule has 4 amide bonds. The van der Waals surface area contributed by atoms with Crippen LogP contribution in [0.2, 0.25) is 0 Å². The third-order valence-electron chi connectivity index (χ3n) is 13.2. The third-order valence-corrected chi connectivity index (χ3v) is 13.2. The summed E-state index contributed by atoms with van der Waals surface area (Å²) in [6.07, 6.45) is 12.1. The van der Waals surface area contributed by atoms with E-state index < -0.39 is 23.8 Å². The van der Waals surface area contributed by atoms with E-state index in [1.54, 1.807) is 12.1 Å². The molecule has 5 aromatic rings. The topological polar surface area (TPSA) is 133 Å². The first-order chi connectivity index (χ1) is 28.3. The normalized spacial score (nSPS) is 21.3. The Morgan fingerprint density at radius 3 is 2.31 bits per heavy atom. The number of hydrogen-bond acceptors (Lipinski definition) is 10. The number of carbonyl (C=O) groups excluding carboxylic acids is 4. The number of fused-ring (bicyclic) bond motifs is 4. The lowest BCUT2D eigenvalue weighted by Gasteiger charge is -2.43. The van der Waals surface area contributed by atoms with Gasteiger partial charge in [-0.05, 0) is 99.0 Å². The highest BCUT2D eigenvalue weighted by Crippen LogP contribution is 2.35. The zero-order valence-electron chi connectivity index (χ0n) is 32.8. The standard InChI is InChI=1S/C45H48N8O5/c1-49-38-10-16-46-25-37(38)34-5-2-29(22-40(34)49)30-3-8-41(47-24-30)52-26-33(27-52)58-32-14-18-50(19-15-32)17-11-28-12-20-51(21-13-28)31-4-6-35-36(23-31)45(57)53(44(35)56)39-7-9-42(54)48-43(39)55/h2-6,8,10,16,22-25,28,32-33,39H,7,9,11-15,17-21,26-27H2,1H3,(H,48,54,55). The number of aryl methyl sites for hydroxylation is 1. The molecule has 13 heteroatoms. The molecule has 10 rings (SSSR count). The minimum absolute atomic E-state index is 0.109. The number of piperidine rings is 3. The van der Waals surface area contributed by atoms with Crippen LogP contribution in [0, 0.1) is 5.92 Å². The van der Waals surface area contributed by atoms with Gasteiger partial charge in [-0.25, -0.2) is 4.98 Å². The van der Waals surface area contributed by atoms with Gasteiger partial charge < -0.3 is 24.0 Å². The van der Waals surface area contributed by atoms with Crippen LogP contribution in [0.4, 0.5) is 11.5 Å². The van der Waals surface area contributed by atoms with E-state index in [9.17, 15) is 19.2 Å². The van der Waals surface area contributed by atoms with Gasteiger partial charge in [-0.1, -0.05) is 12.1 Å². The predicted octanol–water partition coefficient (Wildman–Crippen LogP) is 5.17. The molecule has 0 saturated carbocycles. The third kappa shape index (κ3) is 6.69. The number of amides is 4. The number of pyridine rings is 2. The first-order valence-corrected chi connectivity index (χ1v) is 20.8. The fourth-order valence-electron chi connectivity index (χ4n) is 9.73. The number of imide groups is 2. The minimum atomic E-state index is -0.951. The van der Waals surface area contributed by atoms with Crippen molar-refractivity contribution in [3.8, 4) is 11.1 Å². The monoisotopic (exact) mass is 780 g/mol. The summed E-state index contributed by atoms with van der Waals surface area (Å²) in [5, 5.41) is 4.64. The molecule has 0 radical (unpaired) electrons. The van der Waals surface area contributed by atoms with Gasteiger partial charge in [-0.15, -0.1) is 0 Å². The van der Waals surface area contributed by atoms with E-state index in [0.717, 1.165) is 99.0 Å². The Labute approximate surface area is 336 Å². The van der Waals surface area contributed by atoms with E-state index in [1.165, 1.54) is 28.2 Å². The first kappa shape index (κ1) is 36.7. The van der Waals surface area contributed by atoms with Gasteiger partial charge in [0.1, 0.15) is 11.9 Å². The number of aromatic nitrogens is 3. The van der Waals surface area contributed by atoms with Crippen molar-refractivity contribution in [2.75, 3.05) is 55.6 Å². The van der Waals surface area contributed by atoms with Crippen LogP contribution in [0.5, 0.6) is 0 Å². The van der Waals surface area contributed by atoms with Gasteiger partial charge in [0, 0.05) is 98.9 Å². The van der Waals surface area contributed by atoms with Gasteiger partial charge in [0.05, 0.1) is 28.9 Å². The van der Waals surface area contributed by atoms with Gasteiger partial charge in [0.2, 0.25) is 11.8 Å². The Morgan fingerprint density at radius 2 is 1.53 bits per heavy atom. The quantitative estimate of drug-likeness (QED) is 0.200. The molecule has 5 aliphatic rings. The number of ether oxygens (including phenoxy) is 1. The SMILES string of the molecule is Cn1c2ccncc2c2ccc(-c3ccc(N4CC(OC5CCN(CCC6CCN(c7ccc8c(c7)C(=O)N(C7CCC(=O)NC7=O)C8=O)CC6)CC5)C4)nc3)cc21. The molecule has 2 aromatic carbocycles. The van der Waals surface area contributed by atoms with Crippen molar-refractivity contribution in [1.29, 1.82) is 0 Å². The summed E-state index contributed by atoms with van der Waals surface area (Å²) in [5.41, 5.74) is 6.22. The van der Waals surface area contributed by atoms with Crippen LogP contribution in [0.3, 0.4) is 0 Å². The van der Waals surface area contributed by atoms with Crippen molar-refractivity contribution in [2.45, 2.75) is 63.2 Å². The summed E-state index contributed by atoms with van der Waals surface area (Å²) in [4.78, 5) is 67.9. The van der Waals surface area contributed by atoms with Crippen LogP contribution < -0.4 is 15.1 Å². The molecule has 3 aromatic heterocycles. The van der Waals surface area contributed by atoms with Crippen LogP contribution >= 0.6 is 0 Å². The van der Waals surface area contributed by atoms with E-state index >= 15 is 0 Å². The number of benzene rings is 2. The largest absolute Gasteiger partial charge is 0.371 e. The van der Waals surface area contributed by atoms with E-state index in [2.05, 4.69) is 73.0 Å². The molecule has 0 aliphatic carbocycles. The molecule has 4 saturated heterocycles. The Balaban J connectivity index is 0.646. The molecule has 298 valence electrons. The smallest absolute Gasteiger partial charge is 0.262 e. The fraction of sp³-hybridized carbons (Fsp3) is 0.422. The number of rotatable bonds is 9. The Hall–Kier alpha value is -5.66. The minimum Gasteiger partial charge on any atom is -0.371 e. The highest BCUT2D eigenvalue weighted by atomic mass is 16.5. The molecule has 1 N–H and O–H groups in total. The van der Waals surface area contributed by atoms with Crippen LogP contribution in [0.25, 0.3) is 32.9 Å². The molecule has 1 unspecified atom stereocenters. The predicted molar refractivity (Wildman–Crippen MR) is 221 cm³/mol. The molecule has 58 heavy (non-hydrogen) atoms. The van der Waals surface area contributed by atoms with Gasteiger partial charge in [0.15, 0.2) is 0 Å². The zero-order valence-corrected chi connectivity index (χ0v) is 32.8. The maximum atomic E-state index is 13.3. The lowest BCUT2D eigenvalue weighted by Crippen LogP contribution is -2.54. The number of anilines is 2. The van der Waals surface area contributed by atoms with E-state index in [1.807, 2.05) is 24.7 Å². The van der Waals surface area contributed by atoms with E-state index in [0.29, 0.717) is 23.1 Å². The summed E-state index contributed by atoms with van der Waals surface area (Å²) in [7, 11) is 2.11. The molecule has 0 spiro atoms. The Morgan fingerprint density at radius 1 is 0.741 bits per heavy atom. The first-order valence-electron chi connectivity index (χ1n) is 20.8. The lowest BCUT2D eigenvalue weighted by atomic mass is 9.92. The maximum absolute atomic E-state index is 13.3. The van der Waals surface area contributed by atoms with Crippen LogP contribution in [-0.4, -0.2) is 112 Å². The average molecular weight is 781 g/mol. The van der Waals surface area contributed by atoms with E-state index in [-0.39, 0.29) is 24.9 Å². The summed E-state index contributed by atoms with van der Waals surface area (Å²) in [5.74, 6) is -0.241. The summed E-state index contributed by atoms with van der Waals surface area (Å²) in [6, 6.07) is 17.4. The molecule has 8 heterocycles. The number of carbonyl (C=O) groups is 4. The zero-order chi connectivity index (χ0) is 39.5. The van der Waals surface area contributed by atoms with Gasteiger partial charge in [-0.2, -0.15) is 0 Å². The number of nitrogens with one attached hydrogen (secondary N) is 1. The van der Waals surface area contributed by atoms with E-state index in [4.69, 9.17) is 9.72 Å². The van der Waals surface area contributed by atoms with Crippen molar-refractivity contribution >= 4 is 56.9 Å². The highest BCUT2D eigenvalue weighted by Gasteiger charge is 2.45. The maximum Gasteiger partial charge on any atom is 0.262 e. The molecular weight excluding hydrogens is 733 g/mol. The van der Waals surface area contributed by atoms with Crippen LogP contribution in [-0.2, 0) is 21.4 Å². The highest BCUT2D eigenvalue weighted by molar-refractivity contribution is 6.23. The number of hydrogen-bond donors (Lipinski definition) is 1. The Bertz CT molecular complexity index is 2430.